The number of hydrogen-bond acceptors (Lipinski definition) is 3. The van der Waals surface area contributed by atoms with Crippen LogP contribution in [0.15, 0.2) is 0 Å². The summed E-state index contributed by atoms with van der Waals surface area (Å²) in [4.78, 5) is 21.8. The van der Waals surface area contributed by atoms with E-state index in [1.54, 1.807) is 6.92 Å². The molecule has 3 nitrogen and oxygen atoms in total. The van der Waals surface area contributed by atoms with Gasteiger partial charge in [0.2, 0.25) is 0 Å². The molecule has 1 atom stereocenters. The van der Waals surface area contributed by atoms with Gasteiger partial charge in [-0.05, 0) is 19.8 Å². The van der Waals surface area contributed by atoms with Crippen molar-refractivity contribution in [2.45, 2.75) is 39.0 Å². The van der Waals surface area contributed by atoms with Crippen molar-refractivity contribution < 1.29 is 14.3 Å². The summed E-state index contributed by atoms with van der Waals surface area (Å²) < 4.78 is 4.89. The lowest BCUT2D eigenvalue weighted by atomic mass is 9.99. The van der Waals surface area contributed by atoms with E-state index in [-0.39, 0.29) is 18.3 Å². The van der Waals surface area contributed by atoms with Crippen LogP contribution in [0.4, 0.5) is 0 Å². The predicted molar refractivity (Wildman–Crippen MR) is 60.0 cm³/mol. The molecule has 0 aliphatic rings. The van der Waals surface area contributed by atoms with Gasteiger partial charge in [-0.25, -0.2) is 0 Å². The Labute approximate surface area is 96.1 Å². The first kappa shape index (κ1) is 14.4. The molecule has 0 amide bonds. The second-order valence-corrected chi connectivity index (χ2v) is 3.77. The number of unbranched alkanes of at least 4 members (excludes halogenated alkanes) is 2. The monoisotopic (exact) mass is 234 g/mol. The molecule has 0 aliphatic heterocycles. The van der Waals surface area contributed by atoms with Gasteiger partial charge < -0.3 is 9.53 Å². The Balaban J connectivity index is 3.81. The van der Waals surface area contributed by atoms with Gasteiger partial charge in [-0.15, -0.1) is 11.6 Å². The molecule has 88 valence electrons. The standard InChI is InChI=1S/C11H19ClO3/c1-2-15-11(14)10(7-9-13)6-4-3-5-8-12/h9-10H,2-8H2,1H3. The van der Waals surface area contributed by atoms with E-state index in [2.05, 4.69) is 0 Å². The SMILES string of the molecule is CCOC(=O)C(CC=O)CCCCCCl. The van der Waals surface area contributed by atoms with E-state index in [9.17, 15) is 9.59 Å². The summed E-state index contributed by atoms with van der Waals surface area (Å²) in [6, 6.07) is 0. The highest BCUT2D eigenvalue weighted by molar-refractivity contribution is 6.17. The Morgan fingerprint density at radius 1 is 1.40 bits per heavy atom. The highest BCUT2D eigenvalue weighted by Crippen LogP contribution is 2.14. The largest absolute Gasteiger partial charge is 0.466 e. The Kier molecular flexibility index (Phi) is 9.59. The molecule has 0 radical (unpaired) electrons. The third-order valence-electron chi connectivity index (χ3n) is 2.19. The minimum Gasteiger partial charge on any atom is -0.466 e. The molecule has 0 aliphatic carbocycles. The topological polar surface area (TPSA) is 43.4 Å². The molecule has 0 spiro atoms. The van der Waals surface area contributed by atoms with Crippen LogP contribution < -0.4 is 0 Å². The minimum absolute atomic E-state index is 0.254. The number of carbonyl (C=O) groups is 2. The quantitative estimate of drug-likeness (QED) is 0.267. The molecule has 0 aromatic heterocycles. The Hall–Kier alpha value is -0.570. The van der Waals surface area contributed by atoms with Gasteiger partial charge in [0, 0.05) is 12.3 Å². The zero-order valence-corrected chi connectivity index (χ0v) is 9.96. The van der Waals surface area contributed by atoms with Crippen molar-refractivity contribution in [2.24, 2.45) is 5.92 Å². The van der Waals surface area contributed by atoms with E-state index >= 15 is 0 Å². The molecule has 0 rings (SSSR count). The van der Waals surface area contributed by atoms with Crippen molar-refractivity contribution in [3.05, 3.63) is 0 Å². The lowest BCUT2D eigenvalue weighted by Gasteiger charge is -2.12. The summed E-state index contributed by atoms with van der Waals surface area (Å²) >= 11 is 5.54. The number of ether oxygens (including phenoxy) is 1. The van der Waals surface area contributed by atoms with Crippen LogP contribution in [0.2, 0.25) is 0 Å². The Bertz CT molecular complexity index is 183. The van der Waals surface area contributed by atoms with Crippen molar-refractivity contribution in [1.82, 2.24) is 0 Å². The van der Waals surface area contributed by atoms with Crippen molar-refractivity contribution in [3.8, 4) is 0 Å². The third-order valence-corrected chi connectivity index (χ3v) is 2.45. The molecular weight excluding hydrogens is 216 g/mol. The van der Waals surface area contributed by atoms with Crippen molar-refractivity contribution in [1.29, 1.82) is 0 Å². The highest BCUT2D eigenvalue weighted by atomic mass is 35.5. The first-order chi connectivity index (χ1) is 7.26. The first-order valence-corrected chi connectivity index (χ1v) is 5.95. The van der Waals surface area contributed by atoms with E-state index in [0.717, 1.165) is 25.5 Å². The van der Waals surface area contributed by atoms with Crippen molar-refractivity contribution in [3.63, 3.8) is 0 Å². The highest BCUT2D eigenvalue weighted by Gasteiger charge is 2.18. The maximum absolute atomic E-state index is 11.4. The van der Waals surface area contributed by atoms with Gasteiger partial charge in [-0.2, -0.15) is 0 Å². The predicted octanol–water partition coefficient (Wildman–Crippen LogP) is 2.55. The number of hydrogen-bond donors (Lipinski definition) is 0. The number of esters is 1. The molecule has 15 heavy (non-hydrogen) atoms. The molecule has 0 saturated carbocycles. The first-order valence-electron chi connectivity index (χ1n) is 5.42. The van der Waals surface area contributed by atoms with Crippen LogP contribution in [0.1, 0.15) is 39.0 Å². The Morgan fingerprint density at radius 3 is 2.67 bits per heavy atom. The molecule has 0 saturated heterocycles. The molecule has 4 heteroatoms. The summed E-state index contributed by atoms with van der Waals surface area (Å²) in [6.07, 6.45) is 4.64. The number of aldehydes is 1. The molecule has 0 bridgehead atoms. The zero-order chi connectivity index (χ0) is 11.5. The summed E-state index contributed by atoms with van der Waals surface area (Å²) in [5.74, 6) is 0.130. The van der Waals surface area contributed by atoms with Crippen LogP contribution >= 0.6 is 11.6 Å². The second-order valence-electron chi connectivity index (χ2n) is 3.39. The third kappa shape index (κ3) is 7.37. The normalized spacial score (nSPS) is 12.1. The van der Waals surface area contributed by atoms with Gasteiger partial charge in [0.15, 0.2) is 0 Å². The maximum atomic E-state index is 11.4. The smallest absolute Gasteiger partial charge is 0.309 e. The fraction of sp³-hybridized carbons (Fsp3) is 0.818. The van der Waals surface area contributed by atoms with Crippen molar-refractivity contribution >= 4 is 23.9 Å². The molecule has 0 heterocycles. The minimum atomic E-state index is -0.266. The average molecular weight is 235 g/mol. The number of carbonyl (C=O) groups excluding carboxylic acids is 2. The van der Waals surface area contributed by atoms with E-state index in [1.807, 2.05) is 0 Å². The molecule has 0 N–H and O–H groups in total. The lowest BCUT2D eigenvalue weighted by Crippen LogP contribution is -2.18. The Morgan fingerprint density at radius 2 is 2.13 bits per heavy atom. The van der Waals surface area contributed by atoms with E-state index < -0.39 is 0 Å². The zero-order valence-electron chi connectivity index (χ0n) is 9.21. The van der Waals surface area contributed by atoms with Crippen LogP contribution in [0, 0.1) is 5.92 Å². The van der Waals surface area contributed by atoms with E-state index in [0.29, 0.717) is 18.9 Å². The van der Waals surface area contributed by atoms with E-state index in [1.165, 1.54) is 0 Å². The number of alkyl halides is 1. The maximum Gasteiger partial charge on any atom is 0.309 e. The van der Waals surface area contributed by atoms with Gasteiger partial charge in [0.1, 0.15) is 6.29 Å². The van der Waals surface area contributed by atoms with Crippen LogP contribution in [0.5, 0.6) is 0 Å². The van der Waals surface area contributed by atoms with Crippen LogP contribution in [0.3, 0.4) is 0 Å². The van der Waals surface area contributed by atoms with Crippen LogP contribution in [-0.2, 0) is 14.3 Å². The molecular formula is C11H19ClO3. The summed E-state index contributed by atoms with van der Waals surface area (Å²) in [5.41, 5.74) is 0. The molecule has 0 aromatic rings. The summed E-state index contributed by atoms with van der Waals surface area (Å²) in [7, 11) is 0. The van der Waals surface area contributed by atoms with Gasteiger partial charge in [0.05, 0.1) is 12.5 Å². The van der Waals surface area contributed by atoms with Crippen LogP contribution in [-0.4, -0.2) is 24.7 Å². The number of rotatable bonds is 9. The molecule has 0 aromatic carbocycles. The molecule has 0 fully saturated rings. The lowest BCUT2D eigenvalue weighted by molar-refractivity contribution is -0.149. The fourth-order valence-corrected chi connectivity index (χ4v) is 1.56. The van der Waals surface area contributed by atoms with Crippen molar-refractivity contribution in [2.75, 3.05) is 12.5 Å². The van der Waals surface area contributed by atoms with Gasteiger partial charge in [0.25, 0.3) is 0 Å². The fourth-order valence-electron chi connectivity index (χ4n) is 1.37. The van der Waals surface area contributed by atoms with E-state index in [4.69, 9.17) is 16.3 Å². The molecule has 1 unspecified atom stereocenters. The second kappa shape index (κ2) is 9.97. The van der Waals surface area contributed by atoms with Gasteiger partial charge >= 0.3 is 5.97 Å². The summed E-state index contributed by atoms with van der Waals surface area (Å²) in [6.45, 7) is 2.14. The van der Waals surface area contributed by atoms with Crippen LogP contribution in [0.25, 0.3) is 0 Å². The average Bonchev–Trinajstić information content (AvgIpc) is 2.23. The van der Waals surface area contributed by atoms with Gasteiger partial charge in [-0.1, -0.05) is 12.8 Å². The number of halogens is 1. The van der Waals surface area contributed by atoms with Gasteiger partial charge in [-0.3, -0.25) is 4.79 Å². The summed E-state index contributed by atoms with van der Waals surface area (Å²) in [5, 5.41) is 0.